The topological polar surface area (TPSA) is 12.0 Å². The Morgan fingerprint density at radius 2 is 1.05 bits per heavy atom. The van der Waals surface area contributed by atoms with Crippen molar-refractivity contribution >= 4 is 0 Å². The number of halogens is 1. The lowest BCUT2D eigenvalue weighted by Gasteiger charge is -2.23. The quantitative estimate of drug-likeness (QED) is 0.357. The first-order chi connectivity index (χ1) is 9.56. The second-order valence-electron chi connectivity index (χ2n) is 7.30. The molecule has 2 nitrogen and oxygen atoms in total. The van der Waals surface area contributed by atoms with Crippen molar-refractivity contribution in [1.82, 2.24) is 5.32 Å². The van der Waals surface area contributed by atoms with Crippen molar-refractivity contribution in [3.8, 4) is 0 Å². The zero-order valence-corrected chi connectivity index (χ0v) is 16.0. The maximum absolute atomic E-state index is 3.57. The molecule has 3 heteroatoms. The van der Waals surface area contributed by atoms with Crippen LogP contribution in [0, 0.1) is 0 Å². The summed E-state index contributed by atoms with van der Waals surface area (Å²) in [6.07, 6.45) is 15.6. The van der Waals surface area contributed by atoms with E-state index in [1.54, 1.807) is 0 Å². The minimum Gasteiger partial charge on any atom is -1.00 e. The van der Waals surface area contributed by atoms with Crippen LogP contribution in [0.25, 0.3) is 0 Å². The third-order valence-corrected chi connectivity index (χ3v) is 3.89. The lowest BCUT2D eigenvalue weighted by molar-refractivity contribution is -0.870. The molecule has 1 N–H and O–H groups in total. The molecule has 0 aliphatic carbocycles. The van der Waals surface area contributed by atoms with Gasteiger partial charge < -0.3 is 22.2 Å². The molecular formula is C18H41ClN2. The van der Waals surface area contributed by atoms with E-state index in [9.17, 15) is 0 Å². The number of hydrogen-bond acceptors (Lipinski definition) is 1. The highest BCUT2D eigenvalue weighted by atomic mass is 35.5. The average molecular weight is 321 g/mol. The highest BCUT2D eigenvalue weighted by Gasteiger charge is 2.04. The van der Waals surface area contributed by atoms with E-state index in [1.807, 2.05) is 0 Å². The maximum Gasteiger partial charge on any atom is 0.0792 e. The summed E-state index contributed by atoms with van der Waals surface area (Å²) in [5, 5.41) is 3.57. The van der Waals surface area contributed by atoms with Crippen molar-refractivity contribution < 1.29 is 16.9 Å². The highest BCUT2D eigenvalue weighted by Crippen LogP contribution is 2.10. The van der Waals surface area contributed by atoms with Crippen LogP contribution < -0.4 is 17.7 Å². The molecule has 0 unspecified atom stereocenters. The van der Waals surface area contributed by atoms with Crippen molar-refractivity contribution in [2.45, 2.75) is 77.6 Å². The van der Waals surface area contributed by atoms with Gasteiger partial charge in [-0.15, -0.1) is 0 Å². The van der Waals surface area contributed by atoms with Crippen LogP contribution in [-0.2, 0) is 0 Å². The Hall–Kier alpha value is 0.210. The molecule has 0 radical (unpaired) electrons. The Balaban J connectivity index is 0. The molecule has 0 saturated heterocycles. The number of unbranched alkanes of at least 4 members (excludes halogenated alkanes) is 9. The van der Waals surface area contributed by atoms with Gasteiger partial charge in [-0.1, -0.05) is 64.7 Å². The molecule has 0 fully saturated rings. The predicted octanol–water partition coefficient (Wildman–Crippen LogP) is 1.60. The lowest BCUT2D eigenvalue weighted by Crippen LogP contribution is -3.00. The first kappa shape index (κ1) is 23.5. The molecular weight excluding hydrogens is 280 g/mol. The average Bonchev–Trinajstić information content (AvgIpc) is 2.38. The fourth-order valence-corrected chi connectivity index (χ4v) is 2.54. The van der Waals surface area contributed by atoms with Crippen LogP contribution in [0.4, 0.5) is 0 Å². The van der Waals surface area contributed by atoms with Gasteiger partial charge in [0.2, 0.25) is 0 Å². The summed E-state index contributed by atoms with van der Waals surface area (Å²) in [5.74, 6) is 0. The van der Waals surface area contributed by atoms with Crippen LogP contribution in [0.5, 0.6) is 0 Å². The Kier molecular flexibility index (Phi) is 18.5. The zero-order valence-electron chi connectivity index (χ0n) is 15.2. The summed E-state index contributed by atoms with van der Waals surface area (Å²) < 4.78 is 1.08. The summed E-state index contributed by atoms with van der Waals surface area (Å²) in [6, 6.07) is 0. The second kappa shape index (κ2) is 16.6. The Morgan fingerprint density at radius 1 is 0.619 bits per heavy atom. The van der Waals surface area contributed by atoms with Crippen LogP contribution in [0.15, 0.2) is 0 Å². The summed E-state index contributed by atoms with van der Waals surface area (Å²) in [5.41, 5.74) is 0. The van der Waals surface area contributed by atoms with Gasteiger partial charge in [0.15, 0.2) is 0 Å². The van der Waals surface area contributed by atoms with Crippen LogP contribution >= 0.6 is 0 Å². The molecule has 0 aromatic heterocycles. The first-order valence-electron chi connectivity index (χ1n) is 9.07. The molecule has 130 valence electrons. The normalized spacial score (nSPS) is 11.4. The highest BCUT2D eigenvalue weighted by molar-refractivity contribution is 4.51. The van der Waals surface area contributed by atoms with Crippen molar-refractivity contribution in [3.63, 3.8) is 0 Å². The number of quaternary nitrogens is 1. The summed E-state index contributed by atoms with van der Waals surface area (Å²) in [6.45, 7) is 5.96. The fraction of sp³-hybridized carbons (Fsp3) is 1.00. The van der Waals surface area contributed by atoms with E-state index in [0.717, 1.165) is 4.48 Å². The lowest BCUT2D eigenvalue weighted by atomic mass is 10.1. The molecule has 0 aromatic carbocycles. The number of rotatable bonds is 15. The van der Waals surface area contributed by atoms with E-state index >= 15 is 0 Å². The molecule has 0 bridgehead atoms. The standard InChI is InChI=1S/C18H41N2.ClH/c1-5-6-7-8-9-10-11-12-13-14-16-19-17-15-18-20(2,3)4;/h19H,5-18H2,1-4H3;1H/q+1;/p-1. The molecule has 0 aromatic rings. The van der Waals surface area contributed by atoms with E-state index in [4.69, 9.17) is 0 Å². The molecule has 0 aliphatic heterocycles. The van der Waals surface area contributed by atoms with Gasteiger partial charge >= 0.3 is 0 Å². The maximum atomic E-state index is 3.57. The Bertz CT molecular complexity index is 190. The Morgan fingerprint density at radius 3 is 1.52 bits per heavy atom. The van der Waals surface area contributed by atoms with Crippen molar-refractivity contribution in [1.29, 1.82) is 0 Å². The molecule has 0 amide bonds. The van der Waals surface area contributed by atoms with Gasteiger partial charge in [0.1, 0.15) is 0 Å². The molecule has 0 spiro atoms. The summed E-state index contributed by atoms with van der Waals surface area (Å²) in [7, 11) is 6.80. The number of nitrogens with zero attached hydrogens (tertiary/aromatic N) is 1. The fourth-order valence-electron chi connectivity index (χ4n) is 2.54. The van der Waals surface area contributed by atoms with E-state index in [2.05, 4.69) is 33.4 Å². The minimum absolute atomic E-state index is 0. The van der Waals surface area contributed by atoms with Crippen molar-refractivity contribution in [3.05, 3.63) is 0 Å². The van der Waals surface area contributed by atoms with Gasteiger partial charge in [0, 0.05) is 13.0 Å². The van der Waals surface area contributed by atoms with E-state index in [-0.39, 0.29) is 12.4 Å². The van der Waals surface area contributed by atoms with Crippen LogP contribution in [-0.4, -0.2) is 45.3 Å². The first-order valence-corrected chi connectivity index (χ1v) is 9.07. The van der Waals surface area contributed by atoms with Crippen molar-refractivity contribution in [2.24, 2.45) is 0 Å². The predicted molar refractivity (Wildman–Crippen MR) is 92.2 cm³/mol. The van der Waals surface area contributed by atoms with Gasteiger partial charge in [-0.25, -0.2) is 0 Å². The second-order valence-corrected chi connectivity index (χ2v) is 7.30. The SMILES string of the molecule is CCCCCCCCCCCCNCCC[N+](C)(C)C.[Cl-]. The largest absolute Gasteiger partial charge is 1.00 e. The monoisotopic (exact) mass is 320 g/mol. The molecule has 0 atom stereocenters. The van der Waals surface area contributed by atoms with Crippen molar-refractivity contribution in [2.75, 3.05) is 40.8 Å². The molecule has 0 rings (SSSR count). The van der Waals surface area contributed by atoms with Gasteiger partial charge in [-0.05, 0) is 13.0 Å². The van der Waals surface area contributed by atoms with Crippen LogP contribution in [0.2, 0.25) is 0 Å². The third-order valence-electron chi connectivity index (χ3n) is 3.89. The van der Waals surface area contributed by atoms with Crippen LogP contribution in [0.3, 0.4) is 0 Å². The Labute approximate surface area is 141 Å². The zero-order chi connectivity index (χ0) is 15.1. The molecule has 0 saturated carbocycles. The summed E-state index contributed by atoms with van der Waals surface area (Å²) >= 11 is 0. The number of hydrogen-bond donors (Lipinski definition) is 1. The van der Waals surface area contributed by atoms with Gasteiger partial charge in [-0.2, -0.15) is 0 Å². The van der Waals surface area contributed by atoms with Gasteiger partial charge in [0.05, 0.1) is 27.7 Å². The van der Waals surface area contributed by atoms with Crippen LogP contribution in [0.1, 0.15) is 77.6 Å². The third kappa shape index (κ3) is 22.6. The van der Waals surface area contributed by atoms with E-state index in [1.165, 1.54) is 90.3 Å². The summed E-state index contributed by atoms with van der Waals surface area (Å²) in [4.78, 5) is 0. The van der Waals surface area contributed by atoms with E-state index < -0.39 is 0 Å². The minimum atomic E-state index is 0. The molecule has 0 aliphatic rings. The number of nitrogens with one attached hydrogen (secondary N) is 1. The van der Waals surface area contributed by atoms with Gasteiger partial charge in [0.25, 0.3) is 0 Å². The van der Waals surface area contributed by atoms with E-state index in [0.29, 0.717) is 0 Å². The van der Waals surface area contributed by atoms with Gasteiger partial charge in [-0.3, -0.25) is 0 Å². The smallest absolute Gasteiger partial charge is 0.0792 e. The molecule has 0 heterocycles. The molecule has 21 heavy (non-hydrogen) atoms.